The van der Waals surface area contributed by atoms with Crippen LogP contribution in [-0.4, -0.2) is 39.3 Å². The standard InChI is InChI=1S/C31H29N3.CH3I/c1-33(2)25-14-9-22(10-15-25)19-30-28-8-6-5-7-27(28)29-18-13-24(20-31(29)30)32-21-23-11-16-26(17-12-23)34(3)4;1-2/h5-21H,1-4H3;1H3. The molecule has 0 atom stereocenters. The Labute approximate surface area is 229 Å². The van der Waals surface area contributed by atoms with E-state index in [1.54, 1.807) is 0 Å². The van der Waals surface area contributed by atoms with Crippen LogP contribution in [0.1, 0.15) is 22.3 Å². The Balaban J connectivity index is 0.00000148. The molecule has 4 aromatic carbocycles. The third kappa shape index (κ3) is 5.54. The summed E-state index contributed by atoms with van der Waals surface area (Å²) in [7, 11) is 8.23. The molecule has 0 spiro atoms. The van der Waals surface area contributed by atoms with Crippen molar-refractivity contribution < 1.29 is 0 Å². The Bertz CT molecular complexity index is 1380. The van der Waals surface area contributed by atoms with Crippen molar-refractivity contribution in [3.63, 3.8) is 0 Å². The van der Waals surface area contributed by atoms with Gasteiger partial charge in [0.25, 0.3) is 0 Å². The van der Waals surface area contributed by atoms with Gasteiger partial charge in [0.15, 0.2) is 0 Å². The van der Waals surface area contributed by atoms with Crippen LogP contribution < -0.4 is 9.80 Å². The summed E-state index contributed by atoms with van der Waals surface area (Å²) in [6.07, 6.45) is 4.23. The van der Waals surface area contributed by atoms with Crippen LogP contribution in [0.5, 0.6) is 0 Å². The van der Waals surface area contributed by atoms with Crippen molar-refractivity contribution >= 4 is 57.5 Å². The van der Waals surface area contributed by atoms with E-state index in [-0.39, 0.29) is 0 Å². The summed E-state index contributed by atoms with van der Waals surface area (Å²) < 4.78 is 0. The first kappa shape index (κ1) is 25.7. The van der Waals surface area contributed by atoms with Gasteiger partial charge in [-0.2, -0.15) is 0 Å². The van der Waals surface area contributed by atoms with E-state index in [9.17, 15) is 0 Å². The number of rotatable bonds is 5. The molecule has 1 aliphatic carbocycles. The van der Waals surface area contributed by atoms with E-state index in [1.165, 1.54) is 44.8 Å². The third-order valence-corrected chi connectivity index (χ3v) is 6.29. The molecule has 4 heteroatoms. The number of nitrogens with zero attached hydrogens (tertiary/aromatic N) is 3. The lowest BCUT2D eigenvalue weighted by Crippen LogP contribution is -2.08. The molecular formula is C32H32IN3. The quantitative estimate of drug-likeness (QED) is 0.118. The van der Waals surface area contributed by atoms with Crippen LogP contribution >= 0.6 is 22.6 Å². The average Bonchev–Trinajstić information content (AvgIpc) is 3.22. The number of benzene rings is 4. The number of halogens is 1. The highest BCUT2D eigenvalue weighted by molar-refractivity contribution is 14.1. The molecule has 0 saturated heterocycles. The lowest BCUT2D eigenvalue weighted by molar-refractivity contribution is 1.13. The lowest BCUT2D eigenvalue weighted by atomic mass is 10.0. The van der Waals surface area contributed by atoms with E-state index >= 15 is 0 Å². The van der Waals surface area contributed by atoms with Crippen molar-refractivity contribution in [1.82, 2.24) is 0 Å². The molecule has 5 rings (SSSR count). The van der Waals surface area contributed by atoms with Gasteiger partial charge in [-0.1, -0.05) is 77.2 Å². The van der Waals surface area contributed by atoms with Crippen molar-refractivity contribution in [3.05, 3.63) is 113 Å². The molecular weight excluding hydrogens is 553 g/mol. The topological polar surface area (TPSA) is 18.8 Å². The highest BCUT2D eigenvalue weighted by Gasteiger charge is 2.23. The fraction of sp³-hybridized carbons (Fsp3) is 0.156. The minimum absolute atomic E-state index is 0.956. The fourth-order valence-electron chi connectivity index (χ4n) is 4.37. The van der Waals surface area contributed by atoms with Gasteiger partial charge < -0.3 is 9.80 Å². The van der Waals surface area contributed by atoms with E-state index in [0.29, 0.717) is 0 Å². The normalized spacial score (nSPS) is 12.7. The van der Waals surface area contributed by atoms with E-state index in [0.717, 1.165) is 11.3 Å². The smallest absolute Gasteiger partial charge is 0.0636 e. The van der Waals surface area contributed by atoms with Crippen LogP contribution in [-0.2, 0) is 0 Å². The van der Waals surface area contributed by atoms with Crippen LogP contribution in [0.15, 0.2) is 96.0 Å². The largest absolute Gasteiger partial charge is 0.378 e. The van der Waals surface area contributed by atoms with Crippen LogP contribution in [0, 0.1) is 0 Å². The van der Waals surface area contributed by atoms with Gasteiger partial charge in [-0.25, -0.2) is 0 Å². The predicted octanol–water partition coefficient (Wildman–Crippen LogP) is 8.19. The Morgan fingerprint density at radius 1 is 0.583 bits per heavy atom. The summed E-state index contributed by atoms with van der Waals surface area (Å²) in [5, 5.41) is 0. The van der Waals surface area contributed by atoms with Crippen molar-refractivity contribution in [2.75, 3.05) is 42.9 Å². The van der Waals surface area contributed by atoms with Gasteiger partial charge in [-0.3, -0.25) is 4.99 Å². The molecule has 3 nitrogen and oxygen atoms in total. The maximum atomic E-state index is 4.79. The van der Waals surface area contributed by atoms with Gasteiger partial charge in [-0.05, 0) is 86.4 Å². The summed E-state index contributed by atoms with van der Waals surface area (Å²) in [6, 6.07) is 32.3. The number of hydrogen-bond acceptors (Lipinski definition) is 3. The molecule has 4 aromatic rings. The van der Waals surface area contributed by atoms with Gasteiger partial charge >= 0.3 is 0 Å². The SMILES string of the molecule is CI.CN(C)c1ccc(C=Nc2ccc3c(c2)C(=Cc2ccc(N(C)C)cc2)c2ccccc2-3)cc1. The number of aliphatic imine (C=N–C) groups is 1. The number of anilines is 2. The van der Waals surface area contributed by atoms with Gasteiger partial charge in [0.05, 0.1) is 5.69 Å². The molecule has 0 saturated carbocycles. The van der Waals surface area contributed by atoms with Crippen LogP contribution in [0.4, 0.5) is 17.1 Å². The maximum absolute atomic E-state index is 4.79. The Hall–Kier alpha value is -3.38. The minimum atomic E-state index is 0.956. The molecule has 0 amide bonds. The van der Waals surface area contributed by atoms with Crippen LogP contribution in [0.25, 0.3) is 22.8 Å². The molecule has 0 heterocycles. The summed E-state index contributed by atoms with van der Waals surface area (Å²) in [4.78, 5) is 11.0. The molecule has 0 fully saturated rings. The molecule has 0 unspecified atom stereocenters. The van der Waals surface area contributed by atoms with Gasteiger partial charge in [0.1, 0.15) is 0 Å². The zero-order valence-corrected chi connectivity index (χ0v) is 23.7. The second-order valence-corrected chi connectivity index (χ2v) is 9.06. The summed E-state index contributed by atoms with van der Waals surface area (Å²) >= 11 is 2.15. The third-order valence-electron chi connectivity index (χ3n) is 6.29. The second-order valence-electron chi connectivity index (χ2n) is 9.06. The summed E-state index contributed by atoms with van der Waals surface area (Å²) in [5.74, 6) is 0. The maximum Gasteiger partial charge on any atom is 0.0636 e. The molecule has 182 valence electrons. The monoisotopic (exact) mass is 585 g/mol. The lowest BCUT2D eigenvalue weighted by Gasteiger charge is -2.12. The Kier molecular flexibility index (Phi) is 8.26. The second kappa shape index (κ2) is 11.6. The summed E-state index contributed by atoms with van der Waals surface area (Å²) in [6.45, 7) is 0. The molecule has 36 heavy (non-hydrogen) atoms. The van der Waals surface area contributed by atoms with Crippen molar-refractivity contribution in [1.29, 1.82) is 0 Å². The molecule has 1 aliphatic rings. The molecule has 0 aromatic heterocycles. The van der Waals surface area contributed by atoms with E-state index in [2.05, 4.69) is 144 Å². The van der Waals surface area contributed by atoms with Crippen molar-refractivity contribution in [3.8, 4) is 11.1 Å². The highest BCUT2D eigenvalue weighted by atomic mass is 127. The first-order chi connectivity index (χ1) is 17.5. The fourth-order valence-corrected chi connectivity index (χ4v) is 4.37. The van der Waals surface area contributed by atoms with Crippen LogP contribution in [0.2, 0.25) is 0 Å². The zero-order valence-electron chi connectivity index (χ0n) is 21.5. The van der Waals surface area contributed by atoms with Crippen molar-refractivity contribution in [2.24, 2.45) is 4.99 Å². The zero-order chi connectivity index (χ0) is 25.7. The van der Waals surface area contributed by atoms with Gasteiger partial charge in [0.2, 0.25) is 0 Å². The molecule has 0 N–H and O–H groups in total. The Morgan fingerprint density at radius 2 is 1.11 bits per heavy atom. The molecule has 0 aliphatic heterocycles. The van der Waals surface area contributed by atoms with Crippen molar-refractivity contribution in [2.45, 2.75) is 0 Å². The first-order valence-electron chi connectivity index (χ1n) is 11.9. The molecule has 0 radical (unpaired) electrons. The van der Waals surface area contributed by atoms with Gasteiger partial charge in [0, 0.05) is 45.8 Å². The van der Waals surface area contributed by atoms with E-state index in [1.807, 2.05) is 25.2 Å². The summed E-state index contributed by atoms with van der Waals surface area (Å²) in [5.41, 5.74) is 11.9. The van der Waals surface area contributed by atoms with Gasteiger partial charge in [-0.15, -0.1) is 0 Å². The number of fused-ring (bicyclic) bond motifs is 3. The predicted molar refractivity (Wildman–Crippen MR) is 168 cm³/mol. The first-order valence-corrected chi connectivity index (χ1v) is 14.1. The van der Waals surface area contributed by atoms with E-state index < -0.39 is 0 Å². The highest BCUT2D eigenvalue weighted by Crippen LogP contribution is 2.46. The van der Waals surface area contributed by atoms with Crippen LogP contribution in [0.3, 0.4) is 0 Å². The average molecular weight is 586 g/mol. The minimum Gasteiger partial charge on any atom is -0.378 e. The Morgan fingerprint density at radius 3 is 1.69 bits per heavy atom. The number of hydrogen-bond donors (Lipinski definition) is 0. The number of alkyl halides is 1. The molecule has 0 bridgehead atoms. The van der Waals surface area contributed by atoms with E-state index in [4.69, 9.17) is 4.99 Å².